The number of carbonyl (C=O) groups excluding carboxylic acids is 1. The van der Waals surface area contributed by atoms with Gasteiger partial charge in [0.15, 0.2) is 0 Å². The van der Waals surface area contributed by atoms with Crippen molar-refractivity contribution in [2.75, 3.05) is 18.4 Å². The molecule has 0 atom stereocenters. The lowest BCUT2D eigenvalue weighted by molar-refractivity contribution is -0.384. The molecular formula is C18H22N4O5S. The van der Waals surface area contributed by atoms with Crippen LogP contribution in [0.15, 0.2) is 53.4 Å². The number of hydrogen-bond donors (Lipinski definition) is 3. The van der Waals surface area contributed by atoms with E-state index in [4.69, 9.17) is 0 Å². The molecule has 0 bridgehead atoms. The van der Waals surface area contributed by atoms with Gasteiger partial charge in [0.1, 0.15) is 0 Å². The fourth-order valence-corrected chi connectivity index (χ4v) is 3.67. The minimum absolute atomic E-state index is 0.000596. The van der Waals surface area contributed by atoms with Crippen LogP contribution in [0.1, 0.15) is 24.2 Å². The smallest absolute Gasteiger partial charge is 0.269 e. The number of nitrogens with one attached hydrogen (secondary N) is 3. The van der Waals surface area contributed by atoms with E-state index >= 15 is 0 Å². The molecular weight excluding hydrogens is 384 g/mol. The first-order valence-electron chi connectivity index (χ1n) is 8.58. The van der Waals surface area contributed by atoms with Gasteiger partial charge < -0.3 is 10.6 Å². The molecule has 0 aliphatic carbocycles. The quantitative estimate of drug-likeness (QED) is 0.332. The van der Waals surface area contributed by atoms with Crippen LogP contribution in [0.25, 0.3) is 0 Å². The zero-order valence-electron chi connectivity index (χ0n) is 15.5. The molecule has 0 heterocycles. The van der Waals surface area contributed by atoms with Gasteiger partial charge in [-0.1, -0.05) is 6.07 Å². The number of nitro benzene ring substituents is 1. The minimum atomic E-state index is -3.68. The van der Waals surface area contributed by atoms with Crippen LogP contribution in [0.2, 0.25) is 0 Å². The van der Waals surface area contributed by atoms with E-state index in [-0.39, 0.29) is 28.7 Å². The maximum Gasteiger partial charge on any atom is 0.269 e. The Balaban J connectivity index is 1.89. The van der Waals surface area contributed by atoms with Gasteiger partial charge in [0, 0.05) is 42.5 Å². The zero-order chi connectivity index (χ0) is 20.7. The van der Waals surface area contributed by atoms with Crippen molar-refractivity contribution in [3.8, 4) is 0 Å². The van der Waals surface area contributed by atoms with Crippen LogP contribution < -0.4 is 15.4 Å². The molecule has 2 rings (SSSR count). The van der Waals surface area contributed by atoms with Crippen LogP contribution in [0, 0.1) is 10.1 Å². The molecule has 3 N–H and O–H groups in total. The van der Waals surface area contributed by atoms with Gasteiger partial charge in [-0.15, -0.1) is 0 Å². The SMILES string of the molecule is CC(C)NS(=O)(=O)c1cccc(C(=O)NCCNc2ccc([N+](=O)[O-])cc2)c1. The van der Waals surface area contributed by atoms with Crippen LogP contribution in [0.4, 0.5) is 11.4 Å². The molecule has 2 aromatic rings. The molecule has 9 nitrogen and oxygen atoms in total. The number of benzene rings is 2. The Kier molecular flexibility index (Phi) is 7.07. The Hall–Kier alpha value is -2.98. The van der Waals surface area contributed by atoms with Gasteiger partial charge in [-0.05, 0) is 44.2 Å². The highest BCUT2D eigenvalue weighted by atomic mass is 32.2. The minimum Gasteiger partial charge on any atom is -0.383 e. The normalized spacial score (nSPS) is 11.2. The van der Waals surface area contributed by atoms with Gasteiger partial charge in [0.2, 0.25) is 10.0 Å². The van der Waals surface area contributed by atoms with Crippen LogP contribution >= 0.6 is 0 Å². The molecule has 28 heavy (non-hydrogen) atoms. The van der Waals surface area contributed by atoms with E-state index in [2.05, 4.69) is 15.4 Å². The summed E-state index contributed by atoms with van der Waals surface area (Å²) in [6, 6.07) is 11.5. The molecule has 0 saturated carbocycles. The van der Waals surface area contributed by atoms with E-state index in [0.29, 0.717) is 12.2 Å². The number of non-ortho nitro benzene ring substituents is 1. The Morgan fingerprint density at radius 2 is 1.79 bits per heavy atom. The Morgan fingerprint density at radius 1 is 1.11 bits per heavy atom. The van der Waals surface area contributed by atoms with Crippen LogP contribution in [0.3, 0.4) is 0 Å². The van der Waals surface area contributed by atoms with Gasteiger partial charge >= 0.3 is 0 Å². The number of hydrogen-bond acceptors (Lipinski definition) is 6. The molecule has 0 spiro atoms. The van der Waals surface area contributed by atoms with E-state index in [1.165, 1.54) is 36.4 Å². The second-order valence-electron chi connectivity index (χ2n) is 6.29. The topological polar surface area (TPSA) is 130 Å². The van der Waals surface area contributed by atoms with E-state index in [0.717, 1.165) is 0 Å². The maximum atomic E-state index is 12.2. The lowest BCUT2D eigenvalue weighted by Crippen LogP contribution is -2.31. The summed E-state index contributed by atoms with van der Waals surface area (Å²) in [5.74, 6) is -0.396. The van der Waals surface area contributed by atoms with Crippen molar-refractivity contribution in [2.45, 2.75) is 24.8 Å². The Morgan fingerprint density at radius 3 is 2.39 bits per heavy atom. The molecule has 0 unspecified atom stereocenters. The highest BCUT2D eigenvalue weighted by molar-refractivity contribution is 7.89. The molecule has 10 heteroatoms. The Labute approximate surface area is 163 Å². The predicted molar refractivity (Wildman–Crippen MR) is 106 cm³/mol. The van der Waals surface area contributed by atoms with Crippen LogP contribution in [-0.4, -0.2) is 38.4 Å². The zero-order valence-corrected chi connectivity index (χ0v) is 16.3. The van der Waals surface area contributed by atoms with E-state index in [9.17, 15) is 23.3 Å². The number of sulfonamides is 1. The summed E-state index contributed by atoms with van der Waals surface area (Å²) in [5.41, 5.74) is 0.926. The van der Waals surface area contributed by atoms with Crippen LogP contribution in [-0.2, 0) is 10.0 Å². The highest BCUT2D eigenvalue weighted by Crippen LogP contribution is 2.15. The third-order valence-corrected chi connectivity index (χ3v) is 5.27. The third kappa shape index (κ3) is 6.03. The van der Waals surface area contributed by atoms with Crippen LogP contribution in [0.5, 0.6) is 0 Å². The van der Waals surface area contributed by atoms with Gasteiger partial charge in [0.25, 0.3) is 11.6 Å². The number of carbonyl (C=O) groups is 1. The average Bonchev–Trinajstić information content (AvgIpc) is 2.64. The number of rotatable bonds is 9. The van der Waals surface area contributed by atoms with Crippen molar-refractivity contribution >= 4 is 27.3 Å². The lowest BCUT2D eigenvalue weighted by atomic mass is 10.2. The summed E-state index contributed by atoms with van der Waals surface area (Å²) in [4.78, 5) is 22.4. The second kappa shape index (κ2) is 9.29. The first-order valence-corrected chi connectivity index (χ1v) is 10.1. The molecule has 0 radical (unpaired) electrons. The van der Waals surface area contributed by atoms with Gasteiger partial charge in [-0.2, -0.15) is 0 Å². The van der Waals surface area contributed by atoms with E-state index in [1.54, 1.807) is 26.0 Å². The Bertz CT molecular complexity index is 943. The molecule has 0 aliphatic rings. The van der Waals surface area contributed by atoms with Gasteiger partial charge in [0.05, 0.1) is 9.82 Å². The lowest BCUT2D eigenvalue weighted by Gasteiger charge is -2.11. The molecule has 0 fully saturated rings. The highest BCUT2D eigenvalue weighted by Gasteiger charge is 2.17. The summed E-state index contributed by atoms with van der Waals surface area (Å²) >= 11 is 0. The third-order valence-electron chi connectivity index (χ3n) is 3.62. The average molecular weight is 406 g/mol. The van der Waals surface area contributed by atoms with Crippen molar-refractivity contribution in [1.29, 1.82) is 0 Å². The summed E-state index contributed by atoms with van der Waals surface area (Å²) in [7, 11) is -3.68. The monoisotopic (exact) mass is 406 g/mol. The first kappa shape index (κ1) is 21.3. The summed E-state index contributed by atoms with van der Waals surface area (Å²) < 4.78 is 26.9. The molecule has 0 saturated heterocycles. The number of nitrogens with zero attached hydrogens (tertiary/aromatic N) is 1. The van der Waals surface area contributed by atoms with Crippen molar-refractivity contribution in [1.82, 2.24) is 10.0 Å². The summed E-state index contributed by atoms with van der Waals surface area (Å²) in [6.45, 7) is 4.12. The largest absolute Gasteiger partial charge is 0.383 e. The van der Waals surface area contributed by atoms with E-state index in [1.807, 2.05) is 0 Å². The molecule has 1 amide bonds. The number of anilines is 1. The molecule has 2 aromatic carbocycles. The van der Waals surface area contributed by atoms with Crippen molar-refractivity contribution in [3.63, 3.8) is 0 Å². The summed E-state index contributed by atoms with van der Waals surface area (Å²) in [5, 5.41) is 16.3. The number of nitro groups is 1. The van der Waals surface area contributed by atoms with Crippen molar-refractivity contribution < 1.29 is 18.1 Å². The molecule has 0 aromatic heterocycles. The van der Waals surface area contributed by atoms with Crippen molar-refractivity contribution in [2.24, 2.45) is 0 Å². The number of amides is 1. The van der Waals surface area contributed by atoms with Gasteiger partial charge in [-0.25, -0.2) is 13.1 Å². The maximum absolute atomic E-state index is 12.2. The molecule has 0 aliphatic heterocycles. The first-order chi connectivity index (χ1) is 13.2. The standard InChI is InChI=1S/C18H22N4O5S/c1-13(2)21-28(26,27)17-5-3-4-14(12-17)18(23)20-11-10-19-15-6-8-16(9-7-15)22(24)25/h3-9,12-13,19,21H,10-11H2,1-2H3,(H,20,23). The van der Waals surface area contributed by atoms with Crippen molar-refractivity contribution in [3.05, 3.63) is 64.2 Å². The molecule has 150 valence electrons. The predicted octanol–water partition coefficient (Wildman–Crippen LogP) is 2.12. The van der Waals surface area contributed by atoms with E-state index < -0.39 is 20.9 Å². The second-order valence-corrected chi connectivity index (χ2v) is 8.00. The van der Waals surface area contributed by atoms with Gasteiger partial charge in [-0.3, -0.25) is 14.9 Å². The fraction of sp³-hybridized carbons (Fsp3) is 0.278. The summed E-state index contributed by atoms with van der Waals surface area (Å²) in [6.07, 6.45) is 0. The fourth-order valence-electron chi connectivity index (χ4n) is 2.37.